The number of aromatic hydroxyl groups is 4. The van der Waals surface area contributed by atoms with Crippen LogP contribution in [0.4, 0.5) is 11.4 Å². The molecule has 7 aromatic carbocycles. The van der Waals surface area contributed by atoms with Crippen LogP contribution in [-0.4, -0.2) is 54.2 Å². The highest BCUT2D eigenvalue weighted by Gasteiger charge is 2.18. The van der Waals surface area contributed by atoms with Gasteiger partial charge in [-0.15, -0.1) is 0 Å². The molecule has 0 saturated heterocycles. The van der Waals surface area contributed by atoms with Gasteiger partial charge in [-0.2, -0.15) is 0 Å². The van der Waals surface area contributed by atoms with Crippen molar-refractivity contribution in [3.8, 4) is 23.0 Å². The van der Waals surface area contributed by atoms with Crippen molar-refractivity contribution in [2.75, 3.05) is 13.7 Å². The minimum Gasteiger partial charge on any atom is -0.508 e. The van der Waals surface area contributed by atoms with Crippen LogP contribution in [0.15, 0.2) is 170 Å². The normalized spacial score (nSPS) is 8.86. The first-order valence-electron chi connectivity index (χ1n) is 18.8. The molecule has 6 N–H and O–H groups in total. The number of phenolic OH excluding ortho intramolecular Hbond substituents is 4. The van der Waals surface area contributed by atoms with E-state index in [1.165, 1.54) is 65.2 Å². The maximum atomic E-state index is 10.1. The van der Waals surface area contributed by atoms with Crippen molar-refractivity contribution in [2.45, 2.75) is 27.7 Å². The molecule has 0 heterocycles. The van der Waals surface area contributed by atoms with Gasteiger partial charge in [-0.05, 0) is 69.2 Å². The topological polar surface area (TPSA) is 208 Å². The molecule has 7 aromatic rings. The average molecular weight is 993 g/mol. The number of nitro groups is 2. The largest absolute Gasteiger partial charge is 0.508 e. The van der Waals surface area contributed by atoms with Crippen molar-refractivity contribution in [3.63, 3.8) is 0 Å². The summed E-state index contributed by atoms with van der Waals surface area (Å²) in [5.74, 6) is -0.307. The second kappa shape index (κ2) is 37.3. The molecule has 0 bridgehead atoms. The standard InChI is InChI=1S/C8H10.C7H8.C6HCl5O.2C6H5NO3.C6H6O.C6H6.C2H6O.CH4O/c1-7-5-3-4-6-8(7)2;1-7-5-3-2-4-6-7;7-1-2(8)4(10)6(12)5(11)3(1)9;8-6-3-1-5(2-4-6)7(9)10;8-6-4-2-1-3-5(6)7(9)10;7-6-4-2-1-3-5-6;1-2-4-6-5-3-1;1-2-3;1-2/h3-6H,1-2H3;2-6H,1H3;12H;2*1-4,8H;1-5,7H;1-6H;3H,2H2,1H3;2H,1H3. The third kappa shape index (κ3) is 28.3. The third-order valence-corrected chi connectivity index (χ3v) is 9.37. The number of halogens is 5. The maximum Gasteiger partial charge on any atom is 0.310 e. The summed E-state index contributed by atoms with van der Waals surface area (Å²) in [6.07, 6.45) is 0. The van der Waals surface area contributed by atoms with Crippen molar-refractivity contribution in [3.05, 3.63) is 232 Å². The molecule has 0 aliphatic carbocycles. The van der Waals surface area contributed by atoms with Crippen LogP contribution in [0.5, 0.6) is 23.0 Å². The highest BCUT2D eigenvalue weighted by Crippen LogP contribution is 2.47. The molecule has 7 rings (SSSR count). The van der Waals surface area contributed by atoms with E-state index in [2.05, 4.69) is 57.2 Å². The van der Waals surface area contributed by atoms with Crippen LogP contribution in [0.1, 0.15) is 23.6 Å². The molecule has 0 aromatic heterocycles. The van der Waals surface area contributed by atoms with Gasteiger partial charge < -0.3 is 30.6 Å². The van der Waals surface area contributed by atoms with Gasteiger partial charge in [-0.1, -0.05) is 185 Å². The van der Waals surface area contributed by atoms with E-state index in [1.54, 1.807) is 31.2 Å². The number of non-ortho nitro benzene ring substituents is 1. The maximum absolute atomic E-state index is 10.1. The molecule has 0 radical (unpaired) electrons. The van der Waals surface area contributed by atoms with Gasteiger partial charge in [0.2, 0.25) is 0 Å². The fourth-order valence-corrected chi connectivity index (χ4v) is 4.92. The predicted molar refractivity (Wildman–Crippen MR) is 265 cm³/mol. The number of nitrogens with zero attached hydrogens (tertiary/aromatic N) is 2. The molecule has 0 atom stereocenters. The lowest BCUT2D eigenvalue weighted by molar-refractivity contribution is -0.385. The summed E-state index contributed by atoms with van der Waals surface area (Å²) in [6, 6.07) is 49.9. The Balaban J connectivity index is 0. The summed E-state index contributed by atoms with van der Waals surface area (Å²) in [5.41, 5.74) is 3.78. The second-order valence-corrected chi connectivity index (χ2v) is 13.9. The zero-order chi connectivity index (χ0) is 49.7. The van der Waals surface area contributed by atoms with E-state index >= 15 is 0 Å². The number of nitro benzene ring substituents is 2. The Morgan fingerprint density at radius 3 is 1.03 bits per heavy atom. The van der Waals surface area contributed by atoms with Gasteiger partial charge in [0.05, 0.1) is 24.9 Å². The minimum absolute atomic E-state index is 0.00904. The third-order valence-electron chi connectivity index (χ3n) is 7.11. The van der Waals surface area contributed by atoms with E-state index in [9.17, 15) is 25.3 Å². The van der Waals surface area contributed by atoms with Crippen LogP contribution in [0.2, 0.25) is 25.1 Å². The van der Waals surface area contributed by atoms with Crippen LogP contribution >= 0.6 is 58.0 Å². The van der Waals surface area contributed by atoms with Crippen molar-refractivity contribution in [1.82, 2.24) is 0 Å². The zero-order valence-corrected chi connectivity index (χ0v) is 39.8. The molecular formula is C48H51Cl5N2O10. The molecule has 65 heavy (non-hydrogen) atoms. The first-order valence-corrected chi connectivity index (χ1v) is 20.7. The summed E-state index contributed by atoms with van der Waals surface area (Å²) in [4.78, 5) is 19.0. The van der Waals surface area contributed by atoms with Crippen LogP contribution in [-0.2, 0) is 0 Å². The van der Waals surface area contributed by atoms with Crippen molar-refractivity contribution >= 4 is 69.4 Å². The Labute approximate surface area is 404 Å². The molecule has 348 valence electrons. The summed E-state index contributed by atoms with van der Waals surface area (Å²) in [5, 5.41) is 69.9. The number of aliphatic hydroxyl groups excluding tert-OH is 2. The highest BCUT2D eigenvalue weighted by atomic mass is 35.5. The first kappa shape index (κ1) is 61.0. The van der Waals surface area contributed by atoms with Crippen molar-refractivity contribution in [1.29, 1.82) is 0 Å². The van der Waals surface area contributed by atoms with E-state index in [0.29, 0.717) is 5.75 Å². The Bertz CT molecular complexity index is 2140. The fourth-order valence-electron chi connectivity index (χ4n) is 3.80. The van der Waals surface area contributed by atoms with Crippen LogP contribution in [0.25, 0.3) is 0 Å². The number of benzene rings is 7. The number of hydrogen-bond donors (Lipinski definition) is 6. The summed E-state index contributed by atoms with van der Waals surface area (Å²) < 4.78 is 0. The van der Waals surface area contributed by atoms with Gasteiger partial charge in [0.1, 0.15) is 21.5 Å². The molecule has 0 spiro atoms. The Kier molecular flexibility index (Phi) is 35.0. The van der Waals surface area contributed by atoms with Crippen molar-refractivity contribution in [2.24, 2.45) is 0 Å². The van der Waals surface area contributed by atoms with Crippen LogP contribution in [0.3, 0.4) is 0 Å². The molecule has 0 aliphatic rings. The number of hydrogen-bond acceptors (Lipinski definition) is 10. The van der Waals surface area contributed by atoms with Gasteiger partial charge in [0.15, 0.2) is 11.5 Å². The van der Waals surface area contributed by atoms with Crippen molar-refractivity contribution < 1.29 is 40.5 Å². The SMILES string of the molecule is CCO.CO.Cc1ccccc1.Cc1ccccc1C.O=[N+]([O-])c1ccc(O)cc1.O=[N+]([O-])c1ccccc1O.Oc1c(Cl)c(Cl)c(Cl)c(Cl)c1Cl.Oc1ccccc1.c1ccccc1. The lowest BCUT2D eigenvalue weighted by Crippen LogP contribution is -1.86. The van der Waals surface area contributed by atoms with Gasteiger partial charge in [0.25, 0.3) is 5.69 Å². The van der Waals surface area contributed by atoms with E-state index < -0.39 is 9.85 Å². The molecule has 0 amide bonds. The predicted octanol–water partition coefficient (Wildman–Crippen LogP) is 14.2. The molecule has 0 aliphatic heterocycles. The zero-order valence-electron chi connectivity index (χ0n) is 36.0. The Morgan fingerprint density at radius 2 is 0.754 bits per heavy atom. The quantitative estimate of drug-likeness (QED) is 0.0418. The number of aryl methyl sites for hydroxylation is 3. The summed E-state index contributed by atoms with van der Waals surface area (Å²) in [7, 11) is 1.00. The molecule has 0 fully saturated rings. The molecule has 17 heteroatoms. The van der Waals surface area contributed by atoms with E-state index in [-0.39, 0.29) is 60.3 Å². The first-order chi connectivity index (χ1) is 30.9. The summed E-state index contributed by atoms with van der Waals surface area (Å²) in [6.45, 7) is 8.25. The molecular weight excluding hydrogens is 942 g/mol. The molecule has 0 saturated carbocycles. The van der Waals surface area contributed by atoms with E-state index in [0.717, 1.165) is 7.11 Å². The Morgan fingerprint density at radius 1 is 0.446 bits per heavy atom. The smallest absolute Gasteiger partial charge is 0.310 e. The monoisotopic (exact) mass is 990 g/mol. The number of aliphatic hydroxyl groups is 2. The van der Waals surface area contributed by atoms with E-state index in [4.69, 9.17) is 83.5 Å². The Hall–Kier alpha value is -6.09. The molecule has 0 unspecified atom stereocenters. The summed E-state index contributed by atoms with van der Waals surface area (Å²) >= 11 is 27.9. The van der Waals surface area contributed by atoms with E-state index in [1.807, 2.05) is 60.7 Å². The van der Waals surface area contributed by atoms with Gasteiger partial charge in [0, 0.05) is 31.9 Å². The highest BCUT2D eigenvalue weighted by molar-refractivity contribution is 6.55. The van der Waals surface area contributed by atoms with Gasteiger partial charge in [-0.3, -0.25) is 20.2 Å². The lowest BCUT2D eigenvalue weighted by atomic mass is 10.1. The minimum atomic E-state index is -0.630. The lowest BCUT2D eigenvalue weighted by Gasteiger charge is -2.06. The number of rotatable bonds is 2. The van der Waals surface area contributed by atoms with Crippen LogP contribution < -0.4 is 0 Å². The number of phenols is 4. The van der Waals surface area contributed by atoms with Gasteiger partial charge in [-0.25, -0.2) is 0 Å². The molecule has 12 nitrogen and oxygen atoms in total. The van der Waals surface area contributed by atoms with Gasteiger partial charge >= 0.3 is 5.69 Å². The second-order valence-electron chi connectivity index (χ2n) is 12.0. The number of para-hydroxylation sites is 3. The van der Waals surface area contributed by atoms with Crippen LogP contribution in [0, 0.1) is 41.0 Å². The fraction of sp³-hybridized carbons (Fsp3) is 0.125. The average Bonchev–Trinajstić information content (AvgIpc) is 3.31.